The number of carbonyl (C=O) groups is 1. The van der Waals surface area contributed by atoms with Crippen molar-refractivity contribution in [3.05, 3.63) is 0 Å². The average molecular weight is 310 g/mol. The molecule has 0 N–H and O–H groups in total. The van der Waals surface area contributed by atoms with E-state index in [0.29, 0.717) is 0 Å². The third-order valence-corrected chi connectivity index (χ3v) is 3.32. The summed E-state index contributed by atoms with van der Waals surface area (Å²) >= 11 is 0. The molecule has 20 heavy (non-hydrogen) atoms. The lowest BCUT2D eigenvalue weighted by molar-refractivity contribution is -0.165. The Labute approximate surface area is 119 Å². The maximum Gasteiger partial charge on any atom is 0.311 e. The first-order valence-electron chi connectivity index (χ1n) is 6.26. The molecule has 118 valence electrons. The second-order valence-electron chi connectivity index (χ2n) is 5.76. The van der Waals surface area contributed by atoms with Crippen LogP contribution < -0.4 is 0 Å². The fourth-order valence-corrected chi connectivity index (χ4v) is 2.33. The van der Waals surface area contributed by atoms with Crippen molar-refractivity contribution < 1.29 is 31.6 Å². The largest absolute Gasteiger partial charge is 0.462 e. The molecule has 3 atom stereocenters. The topological polar surface area (TPSA) is 88.1 Å². The maximum absolute atomic E-state index is 11.7. The Morgan fingerprint density at radius 1 is 1.35 bits per heavy atom. The van der Waals surface area contributed by atoms with Crippen molar-refractivity contribution in [2.45, 2.75) is 45.7 Å². The molecule has 1 aliphatic heterocycles. The number of methoxy groups -OCH3 is 1. The van der Waals surface area contributed by atoms with Crippen LogP contribution in [-0.2, 0) is 33.3 Å². The summed E-state index contributed by atoms with van der Waals surface area (Å²) in [5.41, 5.74) is -0.632. The highest BCUT2D eigenvalue weighted by Gasteiger charge is 2.39. The molecule has 0 unspecified atom stereocenters. The zero-order valence-electron chi connectivity index (χ0n) is 12.4. The van der Waals surface area contributed by atoms with Crippen LogP contribution in [0.2, 0.25) is 0 Å². The molecule has 1 rings (SSSR count). The van der Waals surface area contributed by atoms with E-state index in [9.17, 15) is 13.2 Å². The SMILES string of the molecule is CO[C@H]1C[C@H](OS(C)(=O)=O)[C@@H](COC(=O)C(C)(C)C)O1. The van der Waals surface area contributed by atoms with Gasteiger partial charge in [0.25, 0.3) is 10.1 Å². The first kappa shape index (κ1) is 17.4. The molecule has 0 aromatic carbocycles. The van der Waals surface area contributed by atoms with Gasteiger partial charge in [-0.1, -0.05) is 0 Å². The minimum absolute atomic E-state index is 0.0733. The minimum atomic E-state index is -3.62. The normalized spacial score (nSPS) is 27.6. The molecule has 0 spiro atoms. The second kappa shape index (κ2) is 6.38. The highest BCUT2D eigenvalue weighted by molar-refractivity contribution is 7.86. The summed E-state index contributed by atoms with van der Waals surface area (Å²) in [6.45, 7) is 5.12. The van der Waals surface area contributed by atoms with Gasteiger partial charge in [0.2, 0.25) is 0 Å². The van der Waals surface area contributed by atoms with Gasteiger partial charge >= 0.3 is 5.97 Å². The van der Waals surface area contributed by atoms with Crippen LogP contribution >= 0.6 is 0 Å². The van der Waals surface area contributed by atoms with Gasteiger partial charge < -0.3 is 14.2 Å². The summed E-state index contributed by atoms with van der Waals surface area (Å²) in [7, 11) is -2.16. The van der Waals surface area contributed by atoms with Crippen molar-refractivity contribution in [3.63, 3.8) is 0 Å². The summed E-state index contributed by atoms with van der Waals surface area (Å²) < 4.78 is 42.9. The van der Waals surface area contributed by atoms with Gasteiger partial charge in [-0.15, -0.1) is 0 Å². The van der Waals surface area contributed by atoms with Gasteiger partial charge in [0.1, 0.15) is 18.8 Å². The Hall–Kier alpha value is -0.700. The van der Waals surface area contributed by atoms with Crippen LogP contribution in [0.3, 0.4) is 0 Å². The van der Waals surface area contributed by atoms with E-state index in [0.717, 1.165) is 6.26 Å². The standard InChI is InChI=1S/C12H22O7S/c1-12(2,3)11(13)17-7-9-8(19-20(5,14)15)6-10(16-4)18-9/h8-10H,6-7H2,1-5H3/t8-,9+,10+/m0/s1. The fraction of sp³-hybridized carbons (Fsp3) is 0.917. The number of ether oxygens (including phenoxy) is 3. The number of hydrogen-bond acceptors (Lipinski definition) is 7. The number of hydrogen-bond donors (Lipinski definition) is 0. The van der Waals surface area contributed by atoms with Crippen molar-refractivity contribution in [1.82, 2.24) is 0 Å². The molecule has 0 aromatic heterocycles. The van der Waals surface area contributed by atoms with Gasteiger partial charge in [0.15, 0.2) is 6.29 Å². The molecule has 0 saturated carbocycles. The van der Waals surface area contributed by atoms with Crippen molar-refractivity contribution in [1.29, 1.82) is 0 Å². The monoisotopic (exact) mass is 310 g/mol. The lowest BCUT2D eigenvalue weighted by Gasteiger charge is -2.21. The first-order valence-corrected chi connectivity index (χ1v) is 8.08. The zero-order chi connectivity index (χ0) is 15.6. The van der Waals surface area contributed by atoms with Gasteiger partial charge in [-0.3, -0.25) is 8.98 Å². The summed E-state index contributed by atoms with van der Waals surface area (Å²) in [4.78, 5) is 11.7. The zero-order valence-corrected chi connectivity index (χ0v) is 13.2. The molecule has 8 heteroatoms. The molecule has 0 radical (unpaired) electrons. The second-order valence-corrected chi connectivity index (χ2v) is 7.36. The van der Waals surface area contributed by atoms with E-state index in [-0.39, 0.29) is 19.0 Å². The third kappa shape index (κ3) is 5.35. The van der Waals surface area contributed by atoms with Crippen LogP contribution in [0.25, 0.3) is 0 Å². The van der Waals surface area contributed by atoms with Gasteiger partial charge in [-0.2, -0.15) is 8.42 Å². The minimum Gasteiger partial charge on any atom is -0.462 e. The van der Waals surface area contributed by atoms with Crippen LogP contribution in [0.4, 0.5) is 0 Å². The Morgan fingerprint density at radius 3 is 2.40 bits per heavy atom. The predicted molar refractivity (Wildman–Crippen MR) is 70.4 cm³/mol. The lowest BCUT2D eigenvalue weighted by Crippen LogP contribution is -2.34. The number of rotatable bonds is 5. The molecule has 1 saturated heterocycles. The van der Waals surface area contributed by atoms with Crippen LogP contribution in [0.15, 0.2) is 0 Å². The van der Waals surface area contributed by atoms with E-state index in [1.165, 1.54) is 7.11 Å². The number of esters is 1. The highest BCUT2D eigenvalue weighted by atomic mass is 32.2. The Balaban J connectivity index is 2.63. The van der Waals surface area contributed by atoms with E-state index in [2.05, 4.69) is 0 Å². The quantitative estimate of drug-likeness (QED) is 0.545. The molecule has 0 amide bonds. The van der Waals surface area contributed by atoms with Crippen molar-refractivity contribution >= 4 is 16.1 Å². The Bertz CT molecular complexity index is 437. The predicted octanol–water partition coefficient (Wildman–Crippen LogP) is 0.682. The van der Waals surface area contributed by atoms with E-state index in [1.807, 2.05) is 0 Å². The van der Waals surface area contributed by atoms with Gasteiger partial charge in [-0.25, -0.2) is 0 Å². The van der Waals surface area contributed by atoms with Crippen LogP contribution in [-0.4, -0.2) is 52.9 Å². The molecule has 0 aromatic rings. The van der Waals surface area contributed by atoms with Gasteiger partial charge in [-0.05, 0) is 20.8 Å². The first-order chi connectivity index (χ1) is 9.03. The molecule has 1 heterocycles. The molecule has 0 aliphatic carbocycles. The molecular weight excluding hydrogens is 288 g/mol. The van der Waals surface area contributed by atoms with Crippen LogP contribution in [0, 0.1) is 5.41 Å². The average Bonchev–Trinajstić information content (AvgIpc) is 2.64. The van der Waals surface area contributed by atoms with E-state index >= 15 is 0 Å². The molecule has 0 bridgehead atoms. The molecule has 1 aliphatic rings. The Morgan fingerprint density at radius 2 is 1.95 bits per heavy atom. The Kier molecular flexibility index (Phi) is 5.54. The van der Waals surface area contributed by atoms with Crippen LogP contribution in [0.1, 0.15) is 27.2 Å². The van der Waals surface area contributed by atoms with Crippen molar-refractivity contribution in [2.75, 3.05) is 20.0 Å². The van der Waals surface area contributed by atoms with Gasteiger partial charge in [0.05, 0.1) is 11.7 Å². The lowest BCUT2D eigenvalue weighted by atomic mass is 9.97. The molecule has 7 nitrogen and oxygen atoms in total. The molecule has 1 fully saturated rings. The number of carbonyl (C=O) groups excluding carboxylic acids is 1. The van der Waals surface area contributed by atoms with Gasteiger partial charge in [0, 0.05) is 13.5 Å². The summed E-state index contributed by atoms with van der Waals surface area (Å²) in [5, 5.41) is 0. The fourth-order valence-electron chi connectivity index (χ4n) is 1.68. The summed E-state index contributed by atoms with van der Waals surface area (Å²) in [6, 6.07) is 0. The van der Waals surface area contributed by atoms with Crippen molar-refractivity contribution in [3.8, 4) is 0 Å². The van der Waals surface area contributed by atoms with Crippen LogP contribution in [0.5, 0.6) is 0 Å². The highest BCUT2D eigenvalue weighted by Crippen LogP contribution is 2.26. The smallest absolute Gasteiger partial charge is 0.311 e. The summed E-state index contributed by atoms with van der Waals surface area (Å²) in [6.07, 6.45) is -0.726. The third-order valence-electron chi connectivity index (χ3n) is 2.72. The van der Waals surface area contributed by atoms with E-state index < -0.39 is 34.0 Å². The maximum atomic E-state index is 11.7. The molecular formula is C12H22O7S. The van der Waals surface area contributed by atoms with E-state index in [1.54, 1.807) is 20.8 Å². The van der Waals surface area contributed by atoms with Crippen molar-refractivity contribution in [2.24, 2.45) is 5.41 Å². The van der Waals surface area contributed by atoms with E-state index in [4.69, 9.17) is 18.4 Å². The summed E-state index contributed by atoms with van der Waals surface area (Å²) in [5.74, 6) is -0.389.